The van der Waals surface area contributed by atoms with Crippen molar-refractivity contribution in [2.45, 2.75) is 13.0 Å². The third kappa shape index (κ3) is 4.94. The number of pyridine rings is 1. The number of aromatic nitrogens is 5. The maximum absolute atomic E-state index is 14.5. The first kappa shape index (κ1) is 26.7. The molecular weight excluding hydrogens is 549 g/mol. The lowest BCUT2D eigenvalue weighted by atomic mass is 10.1. The largest absolute Gasteiger partial charge is 0.452 e. The van der Waals surface area contributed by atoms with Crippen LogP contribution in [-0.2, 0) is 17.7 Å². The summed E-state index contributed by atoms with van der Waals surface area (Å²) in [6.07, 6.45) is 0.114. The smallest absolute Gasteiger partial charge is 0.414 e. The van der Waals surface area contributed by atoms with Crippen LogP contribution in [0.5, 0.6) is 0 Å². The highest BCUT2D eigenvalue weighted by atomic mass is 35.5. The van der Waals surface area contributed by atoms with E-state index in [9.17, 15) is 18.0 Å². The highest BCUT2D eigenvalue weighted by Crippen LogP contribution is 2.33. The van der Waals surface area contributed by atoms with Gasteiger partial charge >= 0.3 is 6.09 Å². The second-order valence-corrected chi connectivity index (χ2v) is 8.95. The highest BCUT2D eigenvalue weighted by molar-refractivity contribution is 6.31. The molecule has 10 nitrogen and oxygen atoms in total. The zero-order valence-corrected chi connectivity index (χ0v) is 21.5. The molecule has 40 heavy (non-hydrogen) atoms. The first-order valence-electron chi connectivity index (χ1n) is 11.7. The van der Waals surface area contributed by atoms with Gasteiger partial charge in [-0.1, -0.05) is 35.9 Å². The Kier molecular flexibility index (Phi) is 7.13. The van der Waals surface area contributed by atoms with Gasteiger partial charge in [-0.05, 0) is 23.8 Å². The van der Waals surface area contributed by atoms with Crippen LogP contribution in [0.3, 0.4) is 0 Å². The van der Waals surface area contributed by atoms with Gasteiger partial charge in [0.15, 0.2) is 11.6 Å². The molecule has 0 aliphatic heterocycles. The van der Waals surface area contributed by atoms with Gasteiger partial charge in [-0.25, -0.2) is 22.9 Å². The summed E-state index contributed by atoms with van der Waals surface area (Å²) in [7, 11) is 1.12. The van der Waals surface area contributed by atoms with Crippen molar-refractivity contribution < 1.29 is 22.7 Å². The Morgan fingerprint density at radius 2 is 1.75 bits per heavy atom. The average molecular weight is 569 g/mol. The Bertz CT molecular complexity index is 1720. The van der Waals surface area contributed by atoms with E-state index >= 15 is 0 Å². The van der Waals surface area contributed by atoms with Gasteiger partial charge in [-0.2, -0.15) is 19.7 Å². The molecule has 5 aromatic rings. The summed E-state index contributed by atoms with van der Waals surface area (Å²) < 4.78 is 49.1. The molecule has 0 aliphatic rings. The number of hydrogen-bond donors (Lipinski definition) is 2. The second-order valence-electron chi connectivity index (χ2n) is 8.55. The van der Waals surface area contributed by atoms with Crippen LogP contribution in [0.2, 0.25) is 5.02 Å². The van der Waals surface area contributed by atoms with Crippen LogP contribution in [0, 0.1) is 17.5 Å². The molecular formula is C26H20ClF3N8O2. The number of fused-ring (bicyclic) bond motifs is 1. The van der Waals surface area contributed by atoms with Gasteiger partial charge < -0.3 is 16.2 Å². The Balaban J connectivity index is 1.61. The molecule has 0 atom stereocenters. The number of nitrogens with two attached hydrogens (primary N) is 2. The fourth-order valence-corrected chi connectivity index (χ4v) is 4.39. The quantitative estimate of drug-likeness (QED) is 0.298. The number of hydrogen-bond acceptors (Lipinski definition) is 8. The number of halogens is 4. The van der Waals surface area contributed by atoms with Crippen molar-refractivity contribution in [3.8, 4) is 5.95 Å². The van der Waals surface area contributed by atoms with Crippen LogP contribution in [-0.4, -0.2) is 37.9 Å². The van der Waals surface area contributed by atoms with Gasteiger partial charge in [-0.15, -0.1) is 0 Å². The molecule has 3 heterocycles. The molecule has 14 heteroatoms. The normalized spacial score (nSPS) is 11.1. The number of rotatable bonds is 6. The second kappa shape index (κ2) is 10.7. The molecule has 0 spiro atoms. The van der Waals surface area contributed by atoms with Crippen molar-refractivity contribution >= 4 is 46.1 Å². The molecule has 0 fully saturated rings. The molecule has 4 N–H and O–H groups in total. The van der Waals surface area contributed by atoms with E-state index in [1.807, 2.05) is 0 Å². The number of nitrogen functional groups attached to an aromatic ring is 2. The fraction of sp³-hybridized carbons (Fsp3) is 0.115. The van der Waals surface area contributed by atoms with Crippen molar-refractivity contribution in [2.75, 3.05) is 23.5 Å². The fourth-order valence-electron chi connectivity index (χ4n) is 4.16. The summed E-state index contributed by atoms with van der Waals surface area (Å²) in [5.74, 6) is -2.53. The monoisotopic (exact) mass is 568 g/mol. The van der Waals surface area contributed by atoms with E-state index < -0.39 is 30.1 Å². The van der Waals surface area contributed by atoms with E-state index in [4.69, 9.17) is 27.8 Å². The molecule has 0 unspecified atom stereocenters. The van der Waals surface area contributed by atoms with E-state index in [-0.39, 0.29) is 51.3 Å². The summed E-state index contributed by atoms with van der Waals surface area (Å²) in [5.41, 5.74) is 13.4. The zero-order valence-electron chi connectivity index (χ0n) is 20.8. The minimum atomic E-state index is -0.933. The lowest BCUT2D eigenvalue weighted by Gasteiger charge is -2.24. The van der Waals surface area contributed by atoms with E-state index in [1.165, 1.54) is 24.3 Å². The van der Waals surface area contributed by atoms with Crippen LogP contribution in [0.25, 0.3) is 17.0 Å². The number of ether oxygens (including phenoxy) is 1. The van der Waals surface area contributed by atoms with Gasteiger partial charge in [0.2, 0.25) is 0 Å². The number of carbonyl (C=O) groups is 1. The van der Waals surface area contributed by atoms with Crippen LogP contribution < -0.4 is 16.4 Å². The Labute approximate surface area is 230 Å². The molecule has 0 bridgehead atoms. The average Bonchev–Trinajstić information content (AvgIpc) is 3.27. The predicted molar refractivity (Wildman–Crippen MR) is 142 cm³/mol. The van der Waals surface area contributed by atoms with Crippen molar-refractivity contribution in [2.24, 2.45) is 0 Å². The van der Waals surface area contributed by atoms with Gasteiger partial charge in [-0.3, -0.25) is 4.90 Å². The summed E-state index contributed by atoms with van der Waals surface area (Å²) in [4.78, 5) is 26.2. The molecule has 204 valence electrons. The van der Waals surface area contributed by atoms with E-state index in [0.29, 0.717) is 11.3 Å². The zero-order chi connectivity index (χ0) is 28.6. The number of carbonyl (C=O) groups excluding carboxylic acids is 1. The first-order chi connectivity index (χ1) is 19.2. The minimum absolute atomic E-state index is 0.0187. The van der Waals surface area contributed by atoms with Crippen LogP contribution in [0.4, 0.5) is 35.3 Å². The summed E-state index contributed by atoms with van der Waals surface area (Å²) in [6, 6.07) is 11.3. The van der Waals surface area contributed by atoms with Gasteiger partial charge in [0.1, 0.15) is 28.7 Å². The molecule has 3 aromatic heterocycles. The number of nitrogens with zero attached hydrogens (tertiary/aromatic N) is 6. The lowest BCUT2D eigenvalue weighted by Crippen LogP contribution is -2.33. The summed E-state index contributed by atoms with van der Waals surface area (Å²) >= 11 is 6.15. The van der Waals surface area contributed by atoms with Gasteiger partial charge in [0, 0.05) is 23.1 Å². The van der Waals surface area contributed by atoms with Crippen molar-refractivity contribution in [3.63, 3.8) is 0 Å². The predicted octanol–water partition coefficient (Wildman–Crippen LogP) is 4.81. The number of anilines is 3. The van der Waals surface area contributed by atoms with Crippen LogP contribution >= 0.6 is 11.6 Å². The molecule has 0 saturated heterocycles. The van der Waals surface area contributed by atoms with Gasteiger partial charge in [0.05, 0.1) is 31.1 Å². The van der Waals surface area contributed by atoms with Crippen molar-refractivity contribution in [1.29, 1.82) is 0 Å². The standard InChI is InChI=1S/C26H20ClF3N8O2/c1-40-26(39)37(12-15-16(27)6-4-8-18(15)30)22-23(31)34-25(35-24(22)32)38-20-10-14(28)11-33-21(20)19(36-38)9-13-5-2-3-7-17(13)29/h2-8,10-11H,9,12H2,1H3,(H4,31,32,34,35). The third-order valence-electron chi connectivity index (χ3n) is 6.03. The number of methoxy groups -OCH3 is 1. The molecule has 1 amide bonds. The minimum Gasteiger partial charge on any atom is -0.452 e. The SMILES string of the molecule is COC(=O)N(Cc1c(F)cccc1Cl)c1c(N)nc(-n2nc(Cc3ccccc3F)c3ncc(F)cc32)nc1N. The molecule has 0 radical (unpaired) electrons. The topological polar surface area (TPSA) is 138 Å². The first-order valence-corrected chi connectivity index (χ1v) is 12.0. The maximum Gasteiger partial charge on any atom is 0.414 e. The number of benzene rings is 2. The Hall–Kier alpha value is -4.91. The third-order valence-corrected chi connectivity index (χ3v) is 6.38. The molecule has 0 aliphatic carbocycles. The van der Waals surface area contributed by atoms with Gasteiger partial charge in [0.25, 0.3) is 5.95 Å². The van der Waals surface area contributed by atoms with Crippen molar-refractivity contribution in [1.82, 2.24) is 24.7 Å². The maximum atomic E-state index is 14.5. The van der Waals surface area contributed by atoms with E-state index in [0.717, 1.165) is 29.0 Å². The lowest BCUT2D eigenvalue weighted by molar-refractivity contribution is 0.178. The molecule has 5 rings (SSSR count). The van der Waals surface area contributed by atoms with E-state index in [1.54, 1.807) is 18.2 Å². The number of amides is 1. The molecule has 2 aromatic carbocycles. The Morgan fingerprint density at radius 1 is 1.05 bits per heavy atom. The van der Waals surface area contributed by atoms with Crippen LogP contribution in [0.15, 0.2) is 54.7 Å². The van der Waals surface area contributed by atoms with E-state index in [2.05, 4.69) is 20.1 Å². The summed E-state index contributed by atoms with van der Waals surface area (Å²) in [6.45, 7) is -0.401. The summed E-state index contributed by atoms with van der Waals surface area (Å²) in [5, 5.41) is 4.51. The Morgan fingerprint density at radius 3 is 2.42 bits per heavy atom. The van der Waals surface area contributed by atoms with Crippen LogP contribution in [0.1, 0.15) is 16.8 Å². The highest BCUT2D eigenvalue weighted by Gasteiger charge is 2.27. The van der Waals surface area contributed by atoms with Crippen molar-refractivity contribution in [3.05, 3.63) is 94.0 Å². The molecule has 0 saturated carbocycles.